The van der Waals surface area contributed by atoms with E-state index in [1.54, 1.807) is 0 Å². The van der Waals surface area contributed by atoms with Crippen molar-refractivity contribution >= 4 is 6.09 Å². The summed E-state index contributed by atoms with van der Waals surface area (Å²) in [5.41, 5.74) is 0.0931. The molecule has 2 fully saturated rings. The molecular formula is C12H22N2O3. The molecule has 5 nitrogen and oxygen atoms in total. The Balaban J connectivity index is 2.08. The molecule has 0 bridgehead atoms. The number of likely N-dealkylation sites (tertiary alicyclic amines) is 1. The Morgan fingerprint density at radius 2 is 1.94 bits per heavy atom. The number of carboxylic acid groups (broad SMARTS) is 1. The Bertz CT molecular complexity index is 313. The number of likely N-dealkylation sites (N-methyl/N-ethyl adjacent to an activating group) is 1. The highest BCUT2D eigenvalue weighted by Crippen LogP contribution is 2.32. The number of hydrogen-bond acceptors (Lipinski definition) is 3. The molecule has 0 aromatic rings. The number of rotatable bonds is 0. The molecule has 17 heavy (non-hydrogen) atoms. The molecule has 2 aliphatic rings. The minimum atomic E-state index is -0.844. The van der Waals surface area contributed by atoms with Crippen molar-refractivity contribution < 1.29 is 14.6 Å². The molecule has 0 aliphatic carbocycles. The van der Waals surface area contributed by atoms with E-state index >= 15 is 0 Å². The first-order valence-corrected chi connectivity index (χ1v) is 6.12. The number of fused-ring (bicyclic) bond motifs is 1. The quantitative estimate of drug-likeness (QED) is 0.691. The summed E-state index contributed by atoms with van der Waals surface area (Å²) in [7, 11) is 2.06. The molecule has 0 aromatic heterocycles. The van der Waals surface area contributed by atoms with E-state index in [1.165, 1.54) is 4.90 Å². The van der Waals surface area contributed by atoms with Crippen LogP contribution >= 0.6 is 0 Å². The number of ether oxygens (including phenoxy) is 1. The van der Waals surface area contributed by atoms with Gasteiger partial charge in [0, 0.05) is 13.1 Å². The third-order valence-corrected chi connectivity index (χ3v) is 3.83. The Morgan fingerprint density at radius 3 is 2.47 bits per heavy atom. The Morgan fingerprint density at radius 1 is 1.29 bits per heavy atom. The van der Waals surface area contributed by atoms with Gasteiger partial charge < -0.3 is 14.7 Å². The largest absolute Gasteiger partial charge is 0.465 e. The summed E-state index contributed by atoms with van der Waals surface area (Å²) in [6, 6.07) is 0.213. The second-order valence-corrected chi connectivity index (χ2v) is 6.22. The highest BCUT2D eigenvalue weighted by atomic mass is 16.5. The molecule has 3 unspecified atom stereocenters. The maximum atomic E-state index is 11.0. The average molecular weight is 242 g/mol. The van der Waals surface area contributed by atoms with Crippen molar-refractivity contribution in [2.75, 3.05) is 26.7 Å². The molecule has 3 atom stereocenters. The summed E-state index contributed by atoms with van der Waals surface area (Å²) in [5, 5.41) is 9.02. The van der Waals surface area contributed by atoms with Gasteiger partial charge in [-0.3, -0.25) is 4.90 Å². The first kappa shape index (κ1) is 12.6. The van der Waals surface area contributed by atoms with Crippen LogP contribution in [-0.4, -0.2) is 65.9 Å². The van der Waals surface area contributed by atoms with E-state index < -0.39 is 6.09 Å². The lowest BCUT2D eigenvalue weighted by Gasteiger charge is -2.44. The zero-order valence-corrected chi connectivity index (χ0v) is 11.0. The SMILES string of the molecule is CN1CC(C(C)(C)C)OC2CN(C(=O)O)CC21. The first-order chi connectivity index (χ1) is 7.79. The van der Waals surface area contributed by atoms with Crippen molar-refractivity contribution in [3.63, 3.8) is 0 Å². The van der Waals surface area contributed by atoms with Gasteiger partial charge in [-0.1, -0.05) is 20.8 Å². The number of nitrogens with zero attached hydrogens (tertiary/aromatic N) is 2. The fourth-order valence-corrected chi connectivity index (χ4v) is 2.60. The standard InChI is InChI=1S/C12H22N2O3/c1-12(2,3)10-7-13(4)8-5-14(11(15)16)6-9(8)17-10/h8-10H,5-7H2,1-4H3,(H,15,16). The monoisotopic (exact) mass is 242 g/mol. The molecule has 1 N–H and O–H groups in total. The molecule has 1 amide bonds. The normalized spacial score (nSPS) is 34.8. The van der Waals surface area contributed by atoms with Gasteiger partial charge in [0.15, 0.2) is 0 Å². The van der Waals surface area contributed by atoms with Crippen molar-refractivity contribution in [1.29, 1.82) is 0 Å². The van der Waals surface area contributed by atoms with Crippen molar-refractivity contribution in [3.05, 3.63) is 0 Å². The van der Waals surface area contributed by atoms with Crippen molar-refractivity contribution in [3.8, 4) is 0 Å². The summed E-state index contributed by atoms with van der Waals surface area (Å²) < 4.78 is 6.08. The maximum Gasteiger partial charge on any atom is 0.407 e. The molecule has 2 heterocycles. The van der Waals surface area contributed by atoms with Crippen LogP contribution in [0.3, 0.4) is 0 Å². The molecule has 2 saturated heterocycles. The lowest BCUT2D eigenvalue weighted by atomic mass is 9.87. The summed E-state index contributed by atoms with van der Waals surface area (Å²) in [6.45, 7) is 8.42. The third kappa shape index (κ3) is 2.40. The zero-order valence-electron chi connectivity index (χ0n) is 11.0. The van der Waals surface area contributed by atoms with Gasteiger partial charge in [0.05, 0.1) is 24.8 Å². The number of morpholine rings is 1. The number of amides is 1. The lowest BCUT2D eigenvalue weighted by molar-refractivity contribution is -0.132. The van der Waals surface area contributed by atoms with Gasteiger partial charge in [-0.05, 0) is 12.5 Å². The first-order valence-electron chi connectivity index (χ1n) is 6.12. The minimum absolute atomic E-state index is 0.0223. The van der Waals surface area contributed by atoms with Gasteiger partial charge in [-0.2, -0.15) is 0 Å². The van der Waals surface area contributed by atoms with Crippen molar-refractivity contribution in [2.24, 2.45) is 5.41 Å². The van der Waals surface area contributed by atoms with Crippen LogP contribution in [0, 0.1) is 5.41 Å². The summed E-state index contributed by atoms with van der Waals surface area (Å²) >= 11 is 0. The van der Waals surface area contributed by atoms with Crippen LogP contribution in [0.5, 0.6) is 0 Å². The van der Waals surface area contributed by atoms with Crippen LogP contribution in [-0.2, 0) is 4.74 Å². The predicted molar refractivity (Wildman–Crippen MR) is 64.1 cm³/mol. The third-order valence-electron chi connectivity index (χ3n) is 3.83. The Kier molecular flexibility index (Phi) is 3.08. The maximum absolute atomic E-state index is 11.0. The smallest absolute Gasteiger partial charge is 0.407 e. The van der Waals surface area contributed by atoms with Crippen molar-refractivity contribution in [1.82, 2.24) is 9.80 Å². The minimum Gasteiger partial charge on any atom is -0.465 e. The molecule has 0 spiro atoms. The molecule has 0 radical (unpaired) electrons. The number of hydrogen-bond donors (Lipinski definition) is 1. The zero-order chi connectivity index (χ0) is 12.8. The van der Waals surface area contributed by atoms with E-state index in [2.05, 4.69) is 32.7 Å². The van der Waals surface area contributed by atoms with Gasteiger partial charge in [-0.15, -0.1) is 0 Å². The molecule has 98 valence electrons. The lowest BCUT2D eigenvalue weighted by Crippen LogP contribution is -2.55. The van der Waals surface area contributed by atoms with Gasteiger partial charge >= 0.3 is 6.09 Å². The topological polar surface area (TPSA) is 53.0 Å². The van der Waals surface area contributed by atoms with E-state index in [0.717, 1.165) is 6.54 Å². The van der Waals surface area contributed by atoms with Crippen molar-refractivity contribution in [2.45, 2.75) is 39.0 Å². The molecule has 0 aromatic carbocycles. The van der Waals surface area contributed by atoms with Gasteiger partial charge in [-0.25, -0.2) is 4.79 Å². The molecule has 5 heteroatoms. The number of carbonyl (C=O) groups is 1. The second-order valence-electron chi connectivity index (χ2n) is 6.22. The van der Waals surface area contributed by atoms with E-state index in [-0.39, 0.29) is 23.7 Å². The van der Waals surface area contributed by atoms with Gasteiger partial charge in [0.25, 0.3) is 0 Å². The van der Waals surface area contributed by atoms with E-state index in [9.17, 15) is 4.79 Å². The highest BCUT2D eigenvalue weighted by Gasteiger charge is 2.45. The summed E-state index contributed by atoms with van der Waals surface area (Å²) in [5.74, 6) is 0. The fourth-order valence-electron chi connectivity index (χ4n) is 2.60. The predicted octanol–water partition coefficient (Wildman–Crippen LogP) is 1.09. The van der Waals surface area contributed by atoms with Crippen LogP contribution < -0.4 is 0 Å². The fraction of sp³-hybridized carbons (Fsp3) is 0.917. The molecular weight excluding hydrogens is 220 g/mol. The highest BCUT2D eigenvalue weighted by molar-refractivity contribution is 5.65. The second kappa shape index (κ2) is 4.14. The van der Waals surface area contributed by atoms with E-state index in [0.29, 0.717) is 13.1 Å². The van der Waals surface area contributed by atoms with Crippen LogP contribution in [0.15, 0.2) is 0 Å². The van der Waals surface area contributed by atoms with Crippen LogP contribution in [0.1, 0.15) is 20.8 Å². The van der Waals surface area contributed by atoms with Crippen LogP contribution in [0.4, 0.5) is 4.79 Å². The molecule has 0 saturated carbocycles. The van der Waals surface area contributed by atoms with E-state index in [4.69, 9.17) is 9.84 Å². The average Bonchev–Trinajstić information content (AvgIpc) is 2.60. The molecule has 2 aliphatic heterocycles. The van der Waals surface area contributed by atoms with Crippen LogP contribution in [0.2, 0.25) is 0 Å². The van der Waals surface area contributed by atoms with Crippen LogP contribution in [0.25, 0.3) is 0 Å². The van der Waals surface area contributed by atoms with E-state index in [1.807, 2.05) is 0 Å². The molecule has 2 rings (SSSR count). The Labute approximate surface area is 102 Å². The summed E-state index contributed by atoms with van der Waals surface area (Å²) in [6.07, 6.45) is -0.653. The van der Waals surface area contributed by atoms with Gasteiger partial charge in [0.2, 0.25) is 0 Å². The van der Waals surface area contributed by atoms with Gasteiger partial charge in [0.1, 0.15) is 0 Å². The summed E-state index contributed by atoms with van der Waals surface area (Å²) in [4.78, 5) is 14.7. The Hall–Kier alpha value is -0.810.